The molecule has 1 aromatic carbocycles. The molecule has 0 saturated carbocycles. The average molecular weight is 335 g/mol. The van der Waals surface area contributed by atoms with Gasteiger partial charge in [0.2, 0.25) is 0 Å². The number of nitrogens with one attached hydrogen (secondary N) is 2. The maximum absolute atomic E-state index is 11.8. The molecule has 0 bridgehead atoms. The molecule has 0 atom stereocenters. The van der Waals surface area contributed by atoms with Crippen LogP contribution in [0.2, 0.25) is 0 Å². The van der Waals surface area contributed by atoms with E-state index in [4.69, 9.17) is 9.47 Å². The number of hydrogen-bond donors (Lipinski definition) is 2. The number of carbonyl (C=O) groups excluding carboxylic acids is 1. The molecule has 0 saturated heterocycles. The van der Waals surface area contributed by atoms with Gasteiger partial charge in [0.1, 0.15) is 11.3 Å². The van der Waals surface area contributed by atoms with Crippen molar-refractivity contribution in [2.45, 2.75) is 33.7 Å². The lowest BCUT2D eigenvalue weighted by Crippen LogP contribution is -2.38. The number of hydrogen-bond acceptors (Lipinski definition) is 4. The Morgan fingerprint density at radius 1 is 1.25 bits per heavy atom. The summed E-state index contributed by atoms with van der Waals surface area (Å²) in [6.45, 7) is 8.55. The number of esters is 1. The second-order valence-electron chi connectivity index (χ2n) is 5.83. The standard InChI is InChI=1S/C18H29N3O3/c1-6-19-18(20-10-9-13(2)3)21-12-14-7-8-16(23-4)15(11-14)17(22)24-5/h7-8,11,13H,6,9-10,12H2,1-5H3,(H2,19,20,21). The fraction of sp³-hybridized carbons (Fsp3) is 0.556. The third kappa shape index (κ3) is 6.48. The molecule has 0 aliphatic rings. The summed E-state index contributed by atoms with van der Waals surface area (Å²) in [5.41, 5.74) is 1.32. The normalized spacial score (nSPS) is 11.3. The van der Waals surface area contributed by atoms with Crippen LogP contribution >= 0.6 is 0 Å². The van der Waals surface area contributed by atoms with Crippen LogP contribution in [-0.4, -0.2) is 39.2 Å². The molecule has 1 rings (SSSR count). The van der Waals surface area contributed by atoms with Crippen molar-refractivity contribution >= 4 is 11.9 Å². The molecule has 0 aliphatic carbocycles. The van der Waals surface area contributed by atoms with Crippen LogP contribution in [0.3, 0.4) is 0 Å². The third-order valence-electron chi connectivity index (χ3n) is 3.45. The maximum Gasteiger partial charge on any atom is 0.341 e. The first-order chi connectivity index (χ1) is 11.5. The van der Waals surface area contributed by atoms with Crippen molar-refractivity contribution in [3.05, 3.63) is 29.3 Å². The van der Waals surface area contributed by atoms with E-state index in [1.807, 2.05) is 13.0 Å². The smallest absolute Gasteiger partial charge is 0.341 e. The van der Waals surface area contributed by atoms with Gasteiger partial charge in [-0.1, -0.05) is 19.9 Å². The second kappa shape index (κ2) is 10.5. The molecule has 0 amide bonds. The molecule has 0 aliphatic heterocycles. The molecular weight excluding hydrogens is 306 g/mol. The van der Waals surface area contributed by atoms with Crippen molar-refractivity contribution < 1.29 is 14.3 Å². The number of carbonyl (C=O) groups is 1. The van der Waals surface area contributed by atoms with E-state index in [0.29, 0.717) is 23.8 Å². The molecule has 2 N–H and O–H groups in total. The summed E-state index contributed by atoms with van der Waals surface area (Å²) in [6, 6.07) is 5.41. The first-order valence-corrected chi connectivity index (χ1v) is 8.29. The Hall–Kier alpha value is -2.24. The number of methoxy groups -OCH3 is 2. The number of guanidine groups is 1. The summed E-state index contributed by atoms with van der Waals surface area (Å²) in [6.07, 6.45) is 1.08. The molecule has 1 aromatic rings. The van der Waals surface area contributed by atoms with Crippen LogP contribution in [0.25, 0.3) is 0 Å². The highest BCUT2D eigenvalue weighted by molar-refractivity contribution is 5.92. The molecular formula is C18H29N3O3. The van der Waals surface area contributed by atoms with Gasteiger partial charge in [0, 0.05) is 13.1 Å². The summed E-state index contributed by atoms with van der Waals surface area (Å²) < 4.78 is 10.00. The van der Waals surface area contributed by atoms with E-state index < -0.39 is 5.97 Å². The van der Waals surface area contributed by atoms with Crippen LogP contribution in [0.15, 0.2) is 23.2 Å². The van der Waals surface area contributed by atoms with Gasteiger partial charge in [-0.25, -0.2) is 9.79 Å². The molecule has 0 radical (unpaired) electrons. The minimum absolute atomic E-state index is 0.408. The average Bonchev–Trinajstić information content (AvgIpc) is 2.58. The van der Waals surface area contributed by atoms with Crippen molar-refractivity contribution in [3.8, 4) is 5.75 Å². The number of nitrogens with zero attached hydrogens (tertiary/aromatic N) is 1. The Morgan fingerprint density at radius 3 is 2.58 bits per heavy atom. The van der Waals surface area contributed by atoms with E-state index in [2.05, 4.69) is 29.5 Å². The van der Waals surface area contributed by atoms with Crippen LogP contribution in [0.1, 0.15) is 43.1 Å². The quantitative estimate of drug-likeness (QED) is 0.434. The minimum Gasteiger partial charge on any atom is -0.496 e. The zero-order valence-electron chi connectivity index (χ0n) is 15.3. The molecule has 6 nitrogen and oxygen atoms in total. The molecule has 0 unspecified atom stereocenters. The van der Waals surface area contributed by atoms with E-state index in [1.54, 1.807) is 12.1 Å². The van der Waals surface area contributed by atoms with Gasteiger partial charge >= 0.3 is 5.97 Å². The number of aliphatic imine (C=N–C) groups is 1. The van der Waals surface area contributed by atoms with Crippen molar-refractivity contribution in [3.63, 3.8) is 0 Å². The van der Waals surface area contributed by atoms with Crippen molar-refractivity contribution in [2.75, 3.05) is 27.3 Å². The summed E-state index contributed by atoms with van der Waals surface area (Å²) >= 11 is 0. The molecule has 134 valence electrons. The van der Waals surface area contributed by atoms with Crippen LogP contribution in [0.4, 0.5) is 0 Å². The highest BCUT2D eigenvalue weighted by Gasteiger charge is 2.13. The van der Waals surface area contributed by atoms with Crippen LogP contribution in [0.5, 0.6) is 5.75 Å². The zero-order chi connectivity index (χ0) is 17.9. The largest absolute Gasteiger partial charge is 0.496 e. The molecule has 6 heteroatoms. The lowest BCUT2D eigenvalue weighted by molar-refractivity contribution is 0.0597. The van der Waals surface area contributed by atoms with Crippen molar-refractivity contribution in [1.29, 1.82) is 0 Å². The van der Waals surface area contributed by atoms with Gasteiger partial charge in [0.15, 0.2) is 5.96 Å². The lowest BCUT2D eigenvalue weighted by atomic mass is 10.1. The maximum atomic E-state index is 11.8. The van der Waals surface area contributed by atoms with E-state index in [-0.39, 0.29) is 0 Å². The van der Waals surface area contributed by atoms with Gasteiger partial charge in [0.25, 0.3) is 0 Å². The Bertz CT molecular complexity index is 556. The second-order valence-corrected chi connectivity index (χ2v) is 5.83. The summed E-state index contributed by atoms with van der Waals surface area (Å²) in [5, 5.41) is 6.54. The zero-order valence-corrected chi connectivity index (χ0v) is 15.3. The topological polar surface area (TPSA) is 72.0 Å². The predicted molar refractivity (Wildman–Crippen MR) is 96.6 cm³/mol. The molecule has 0 aromatic heterocycles. The third-order valence-corrected chi connectivity index (χ3v) is 3.45. The van der Waals surface area contributed by atoms with Gasteiger partial charge < -0.3 is 20.1 Å². The monoisotopic (exact) mass is 335 g/mol. The Morgan fingerprint density at radius 2 is 2.00 bits per heavy atom. The van der Waals surface area contributed by atoms with Crippen molar-refractivity contribution in [2.24, 2.45) is 10.9 Å². The minimum atomic E-state index is -0.417. The number of rotatable bonds is 8. The van der Waals surface area contributed by atoms with Crippen molar-refractivity contribution in [1.82, 2.24) is 10.6 Å². The predicted octanol–water partition coefficient (Wildman–Crippen LogP) is 2.58. The summed E-state index contributed by atoms with van der Waals surface area (Å²) in [5.74, 6) is 1.49. The van der Waals surface area contributed by atoms with Crippen LogP contribution < -0.4 is 15.4 Å². The fourth-order valence-corrected chi connectivity index (χ4v) is 2.11. The van der Waals surface area contributed by atoms with E-state index in [1.165, 1.54) is 14.2 Å². The van der Waals surface area contributed by atoms with Crippen LogP contribution in [0, 0.1) is 5.92 Å². The molecule has 24 heavy (non-hydrogen) atoms. The number of benzene rings is 1. The molecule has 0 heterocycles. The Balaban J connectivity index is 2.82. The summed E-state index contributed by atoms with van der Waals surface area (Å²) in [7, 11) is 2.88. The molecule has 0 fully saturated rings. The van der Waals surface area contributed by atoms with Gasteiger partial charge in [-0.05, 0) is 37.0 Å². The van der Waals surface area contributed by atoms with E-state index in [9.17, 15) is 4.79 Å². The van der Waals surface area contributed by atoms with Gasteiger partial charge in [-0.2, -0.15) is 0 Å². The van der Waals surface area contributed by atoms with E-state index in [0.717, 1.165) is 31.0 Å². The fourth-order valence-electron chi connectivity index (χ4n) is 2.11. The number of ether oxygens (including phenoxy) is 2. The summed E-state index contributed by atoms with van der Waals surface area (Å²) in [4.78, 5) is 16.4. The highest BCUT2D eigenvalue weighted by Crippen LogP contribution is 2.21. The van der Waals surface area contributed by atoms with E-state index >= 15 is 0 Å². The Kier molecular flexibility index (Phi) is 8.68. The SMILES string of the molecule is CCNC(=NCc1ccc(OC)c(C(=O)OC)c1)NCCC(C)C. The van der Waals surface area contributed by atoms with Crippen LogP contribution in [-0.2, 0) is 11.3 Å². The van der Waals surface area contributed by atoms with Gasteiger partial charge in [-0.3, -0.25) is 0 Å². The first kappa shape index (κ1) is 19.8. The van der Waals surface area contributed by atoms with Gasteiger partial charge in [-0.15, -0.1) is 0 Å². The lowest BCUT2D eigenvalue weighted by Gasteiger charge is -2.13. The molecule has 0 spiro atoms. The highest BCUT2D eigenvalue weighted by atomic mass is 16.5. The Labute approximate surface area is 144 Å². The van der Waals surface area contributed by atoms with Gasteiger partial charge in [0.05, 0.1) is 20.8 Å². The first-order valence-electron chi connectivity index (χ1n) is 8.29.